The molecular weight excluding hydrogens is 402 g/mol. The zero-order valence-electron chi connectivity index (χ0n) is 19.9. The highest BCUT2D eigenvalue weighted by Gasteiger charge is 2.29. The molecule has 0 bridgehead atoms. The van der Waals surface area contributed by atoms with Crippen molar-refractivity contribution < 1.29 is 14.3 Å². The van der Waals surface area contributed by atoms with E-state index in [4.69, 9.17) is 4.74 Å². The van der Waals surface area contributed by atoms with Gasteiger partial charge in [0, 0.05) is 48.5 Å². The number of ether oxygens (including phenoxy) is 1. The van der Waals surface area contributed by atoms with Crippen molar-refractivity contribution in [3.63, 3.8) is 0 Å². The van der Waals surface area contributed by atoms with Gasteiger partial charge in [-0.05, 0) is 61.9 Å². The molecular formula is C26H35N3O3. The molecule has 1 atom stereocenters. The van der Waals surface area contributed by atoms with E-state index in [0.29, 0.717) is 5.56 Å². The summed E-state index contributed by atoms with van der Waals surface area (Å²) in [6.07, 6.45) is 1.08. The lowest BCUT2D eigenvalue weighted by Gasteiger charge is -2.38. The normalized spacial score (nSPS) is 15.3. The van der Waals surface area contributed by atoms with E-state index in [1.807, 2.05) is 69.0 Å². The minimum atomic E-state index is -0.344. The molecule has 0 saturated carbocycles. The molecule has 1 heterocycles. The minimum absolute atomic E-state index is 0.148. The molecule has 6 heteroatoms. The highest BCUT2D eigenvalue weighted by molar-refractivity contribution is 6.04. The van der Waals surface area contributed by atoms with Crippen molar-refractivity contribution in [1.82, 2.24) is 4.90 Å². The Bertz CT molecular complexity index is 909. The fourth-order valence-electron chi connectivity index (χ4n) is 3.60. The molecule has 32 heavy (non-hydrogen) atoms. The SMILES string of the molecule is CCC(C)Oc1ccc(C(=O)Nc2ccc(N3CCN(C(=O)C(C)(C)C)CC3)cc2)cc1. The molecule has 1 saturated heterocycles. The van der Waals surface area contributed by atoms with Crippen LogP contribution >= 0.6 is 0 Å². The second kappa shape index (κ2) is 10.1. The average molecular weight is 438 g/mol. The molecule has 6 nitrogen and oxygen atoms in total. The van der Waals surface area contributed by atoms with E-state index in [1.54, 1.807) is 12.1 Å². The maximum Gasteiger partial charge on any atom is 0.255 e. The number of piperazine rings is 1. The highest BCUT2D eigenvalue weighted by atomic mass is 16.5. The number of amides is 2. The lowest BCUT2D eigenvalue weighted by molar-refractivity contribution is -0.139. The van der Waals surface area contributed by atoms with E-state index in [9.17, 15) is 9.59 Å². The summed E-state index contributed by atoms with van der Waals surface area (Å²) in [6.45, 7) is 13.0. The van der Waals surface area contributed by atoms with Gasteiger partial charge in [0.15, 0.2) is 0 Å². The first-order chi connectivity index (χ1) is 15.2. The van der Waals surface area contributed by atoms with Crippen molar-refractivity contribution in [2.24, 2.45) is 5.41 Å². The Morgan fingerprint density at radius 3 is 2.09 bits per heavy atom. The first-order valence-electron chi connectivity index (χ1n) is 11.4. The summed E-state index contributed by atoms with van der Waals surface area (Å²) in [5.41, 5.74) is 2.09. The largest absolute Gasteiger partial charge is 0.491 e. The second-order valence-electron chi connectivity index (χ2n) is 9.39. The molecule has 1 aliphatic heterocycles. The van der Waals surface area contributed by atoms with Crippen molar-refractivity contribution in [2.45, 2.75) is 47.1 Å². The third kappa shape index (κ3) is 6.02. The molecule has 2 aromatic rings. The number of hydrogen-bond donors (Lipinski definition) is 1. The van der Waals surface area contributed by atoms with Crippen LogP contribution in [0, 0.1) is 5.41 Å². The Hall–Kier alpha value is -3.02. The van der Waals surface area contributed by atoms with Gasteiger partial charge in [-0.3, -0.25) is 9.59 Å². The summed E-state index contributed by atoms with van der Waals surface area (Å²) in [4.78, 5) is 29.3. The highest BCUT2D eigenvalue weighted by Crippen LogP contribution is 2.23. The molecule has 172 valence electrons. The number of nitrogens with one attached hydrogen (secondary N) is 1. The monoisotopic (exact) mass is 437 g/mol. The van der Waals surface area contributed by atoms with Gasteiger partial charge in [-0.15, -0.1) is 0 Å². The zero-order valence-corrected chi connectivity index (χ0v) is 19.9. The Labute approximate surface area is 191 Å². The first-order valence-corrected chi connectivity index (χ1v) is 11.4. The predicted octanol–water partition coefficient (Wildman–Crippen LogP) is 4.81. The molecule has 3 rings (SSSR count). The van der Waals surface area contributed by atoms with Crippen LogP contribution in [-0.4, -0.2) is 49.0 Å². The Morgan fingerprint density at radius 2 is 1.56 bits per heavy atom. The third-order valence-electron chi connectivity index (χ3n) is 5.73. The zero-order chi connectivity index (χ0) is 23.3. The van der Waals surface area contributed by atoms with Gasteiger partial charge in [-0.25, -0.2) is 0 Å². The number of carbonyl (C=O) groups is 2. The quantitative estimate of drug-likeness (QED) is 0.704. The molecule has 2 amide bonds. The summed E-state index contributed by atoms with van der Waals surface area (Å²) in [7, 11) is 0. The third-order valence-corrected chi connectivity index (χ3v) is 5.73. The van der Waals surface area contributed by atoms with Crippen molar-refractivity contribution in [2.75, 3.05) is 36.4 Å². The number of anilines is 2. The lowest BCUT2D eigenvalue weighted by Crippen LogP contribution is -2.51. The van der Waals surface area contributed by atoms with E-state index in [2.05, 4.69) is 17.1 Å². The maximum absolute atomic E-state index is 12.6. The van der Waals surface area contributed by atoms with Crippen LogP contribution in [0.3, 0.4) is 0 Å². The van der Waals surface area contributed by atoms with Gasteiger partial charge in [0.05, 0.1) is 6.10 Å². The molecule has 1 aliphatic rings. The first kappa shape index (κ1) is 23.6. The molecule has 0 spiro atoms. The van der Waals surface area contributed by atoms with Crippen LogP contribution in [0.2, 0.25) is 0 Å². The van der Waals surface area contributed by atoms with Crippen LogP contribution in [0.1, 0.15) is 51.4 Å². The van der Waals surface area contributed by atoms with E-state index in [-0.39, 0.29) is 23.3 Å². The molecule has 0 radical (unpaired) electrons. The number of benzene rings is 2. The maximum atomic E-state index is 12.6. The van der Waals surface area contributed by atoms with Crippen LogP contribution in [-0.2, 0) is 4.79 Å². The number of nitrogens with zero attached hydrogens (tertiary/aromatic N) is 2. The van der Waals surface area contributed by atoms with E-state index in [0.717, 1.165) is 49.7 Å². The van der Waals surface area contributed by atoms with Crippen LogP contribution < -0.4 is 15.0 Å². The van der Waals surface area contributed by atoms with Crippen molar-refractivity contribution in [3.05, 3.63) is 54.1 Å². The summed E-state index contributed by atoms with van der Waals surface area (Å²) >= 11 is 0. The van der Waals surface area contributed by atoms with Crippen molar-refractivity contribution >= 4 is 23.2 Å². The van der Waals surface area contributed by atoms with E-state index in [1.165, 1.54) is 0 Å². The standard InChI is InChI=1S/C26H35N3O3/c1-6-19(2)32-23-13-7-20(8-14-23)24(30)27-21-9-11-22(12-10-21)28-15-17-29(18-16-28)25(31)26(3,4)5/h7-14,19H,6,15-18H2,1-5H3,(H,27,30). The minimum Gasteiger partial charge on any atom is -0.491 e. The van der Waals surface area contributed by atoms with Crippen LogP contribution in [0.4, 0.5) is 11.4 Å². The smallest absolute Gasteiger partial charge is 0.255 e. The van der Waals surface area contributed by atoms with Gasteiger partial charge in [0.2, 0.25) is 5.91 Å². The number of carbonyl (C=O) groups excluding carboxylic acids is 2. The fourth-order valence-corrected chi connectivity index (χ4v) is 3.60. The van der Waals surface area contributed by atoms with Gasteiger partial charge in [-0.1, -0.05) is 27.7 Å². The Morgan fingerprint density at radius 1 is 0.969 bits per heavy atom. The topological polar surface area (TPSA) is 61.9 Å². The van der Waals surface area contributed by atoms with Crippen molar-refractivity contribution in [3.8, 4) is 5.75 Å². The van der Waals surface area contributed by atoms with Gasteiger partial charge < -0.3 is 19.9 Å². The van der Waals surface area contributed by atoms with E-state index >= 15 is 0 Å². The van der Waals surface area contributed by atoms with Gasteiger partial charge in [0.1, 0.15) is 5.75 Å². The molecule has 0 aromatic heterocycles. The molecule has 0 aliphatic carbocycles. The van der Waals surface area contributed by atoms with Crippen LogP contribution in [0.15, 0.2) is 48.5 Å². The summed E-state index contributed by atoms with van der Waals surface area (Å²) in [5, 5.41) is 2.95. The van der Waals surface area contributed by atoms with Crippen LogP contribution in [0.5, 0.6) is 5.75 Å². The average Bonchev–Trinajstić information content (AvgIpc) is 2.79. The number of rotatable bonds is 6. The fraction of sp³-hybridized carbons (Fsp3) is 0.462. The van der Waals surface area contributed by atoms with Gasteiger partial charge >= 0.3 is 0 Å². The van der Waals surface area contributed by atoms with Gasteiger partial charge in [-0.2, -0.15) is 0 Å². The van der Waals surface area contributed by atoms with Crippen molar-refractivity contribution in [1.29, 1.82) is 0 Å². The predicted molar refractivity (Wildman–Crippen MR) is 129 cm³/mol. The Kier molecular flexibility index (Phi) is 7.44. The second-order valence-corrected chi connectivity index (χ2v) is 9.39. The number of hydrogen-bond acceptors (Lipinski definition) is 4. The molecule has 1 N–H and O–H groups in total. The molecule has 2 aromatic carbocycles. The van der Waals surface area contributed by atoms with Gasteiger partial charge in [0.25, 0.3) is 5.91 Å². The van der Waals surface area contributed by atoms with Crippen LogP contribution in [0.25, 0.3) is 0 Å². The molecule has 1 unspecified atom stereocenters. The molecule has 1 fully saturated rings. The lowest BCUT2D eigenvalue weighted by atomic mass is 9.94. The summed E-state index contributed by atoms with van der Waals surface area (Å²) in [6, 6.07) is 15.1. The Balaban J connectivity index is 1.54. The van der Waals surface area contributed by atoms with E-state index < -0.39 is 0 Å². The summed E-state index contributed by atoms with van der Waals surface area (Å²) in [5.74, 6) is 0.821. The summed E-state index contributed by atoms with van der Waals surface area (Å²) < 4.78 is 5.77.